The molecule has 1 saturated carbocycles. The van der Waals surface area contributed by atoms with Crippen LogP contribution < -0.4 is 16.0 Å². The molecule has 4 rings (SSSR count). The van der Waals surface area contributed by atoms with Crippen LogP contribution in [0.5, 0.6) is 0 Å². The minimum atomic E-state index is -2.22. The van der Waals surface area contributed by atoms with E-state index in [1.165, 1.54) is 0 Å². The summed E-state index contributed by atoms with van der Waals surface area (Å²) in [6.45, 7) is 2.14. The molecule has 1 aliphatic carbocycles. The molecule has 3 aliphatic rings. The maximum Gasteiger partial charge on any atom is 0.249 e. The second kappa shape index (κ2) is 9.18. The van der Waals surface area contributed by atoms with Crippen LogP contribution in [-0.2, 0) is 20.8 Å². The van der Waals surface area contributed by atoms with E-state index in [0.29, 0.717) is 6.54 Å². The number of ether oxygens (including phenoxy) is 3. The van der Waals surface area contributed by atoms with Crippen LogP contribution in [0.25, 0.3) is 0 Å². The number of pyridine rings is 1. The lowest BCUT2D eigenvalue weighted by molar-refractivity contribution is -0.482. The number of aromatic nitrogens is 1. The molecule has 1 aromatic rings. The van der Waals surface area contributed by atoms with Crippen molar-refractivity contribution in [3.63, 3.8) is 0 Å². The van der Waals surface area contributed by atoms with Crippen LogP contribution in [0.3, 0.4) is 0 Å². The zero-order valence-corrected chi connectivity index (χ0v) is 18.5. The molecule has 11 heteroatoms. The van der Waals surface area contributed by atoms with E-state index < -0.39 is 60.3 Å². The largest absolute Gasteiger partial charge is 0.390 e. The van der Waals surface area contributed by atoms with Gasteiger partial charge in [-0.15, -0.1) is 0 Å². The zero-order valence-electron chi connectivity index (χ0n) is 18.5. The maximum absolute atomic E-state index is 11.6. The standard InChI is InChI=1S/C21H34N4O7/c1-11-8-20(28,10-24-9-12-6-4-5-7-25-12)21(29)19(30-11)31-18-16(27)13(22-2)15(26)14(23-3)17(18)32-21/h4-7,11,13-19,22-24,26-29H,8-10H2,1-3H3/t11-,13-,14+,15+,16+,17-,18?,19+,20-,21-/m1/s1. The molecule has 7 N–H and O–H groups in total. The van der Waals surface area contributed by atoms with Crippen molar-refractivity contribution in [3.8, 4) is 0 Å². The Morgan fingerprint density at radius 3 is 2.47 bits per heavy atom. The van der Waals surface area contributed by atoms with Crippen LogP contribution in [0.2, 0.25) is 0 Å². The second-order valence-electron chi connectivity index (χ2n) is 8.93. The van der Waals surface area contributed by atoms with Gasteiger partial charge in [0.2, 0.25) is 12.1 Å². The number of hydrogen-bond donors (Lipinski definition) is 7. The van der Waals surface area contributed by atoms with Gasteiger partial charge in [0, 0.05) is 25.7 Å². The molecule has 0 amide bonds. The average molecular weight is 455 g/mol. The Labute approximate surface area is 187 Å². The highest BCUT2D eigenvalue weighted by Gasteiger charge is 2.68. The van der Waals surface area contributed by atoms with Crippen LogP contribution in [0.1, 0.15) is 19.0 Å². The van der Waals surface area contributed by atoms with Crippen molar-refractivity contribution in [2.45, 2.75) is 80.2 Å². The lowest BCUT2D eigenvalue weighted by atomic mass is 9.77. The van der Waals surface area contributed by atoms with Gasteiger partial charge in [0.25, 0.3) is 0 Å². The number of aliphatic hydroxyl groups excluding tert-OH is 2. The van der Waals surface area contributed by atoms with Crippen molar-refractivity contribution in [2.75, 3.05) is 20.6 Å². The van der Waals surface area contributed by atoms with Gasteiger partial charge in [-0.1, -0.05) is 6.07 Å². The first kappa shape index (κ1) is 23.9. The fourth-order valence-corrected chi connectivity index (χ4v) is 5.13. The number of hydrogen-bond acceptors (Lipinski definition) is 11. The fourth-order valence-electron chi connectivity index (χ4n) is 5.13. The van der Waals surface area contributed by atoms with Crippen molar-refractivity contribution in [1.29, 1.82) is 0 Å². The Kier molecular flexibility index (Phi) is 6.86. The van der Waals surface area contributed by atoms with E-state index in [9.17, 15) is 20.4 Å². The number of nitrogens with one attached hydrogen (secondary N) is 3. The van der Waals surface area contributed by atoms with Gasteiger partial charge in [0.05, 0.1) is 30.0 Å². The van der Waals surface area contributed by atoms with Crippen LogP contribution >= 0.6 is 0 Å². The van der Waals surface area contributed by atoms with Crippen LogP contribution in [0, 0.1) is 0 Å². The minimum Gasteiger partial charge on any atom is -0.390 e. The lowest BCUT2D eigenvalue weighted by Gasteiger charge is -2.60. The molecule has 0 bridgehead atoms. The van der Waals surface area contributed by atoms with E-state index in [1.807, 2.05) is 18.2 Å². The topological polar surface area (TPSA) is 158 Å². The van der Waals surface area contributed by atoms with Crippen LogP contribution in [0.15, 0.2) is 24.4 Å². The highest BCUT2D eigenvalue weighted by atomic mass is 16.8. The first-order chi connectivity index (χ1) is 15.2. The lowest BCUT2D eigenvalue weighted by Crippen LogP contribution is -2.81. The SMILES string of the molecule is CN[C@@H]1[C@H](O)[C@H](NC)[C@H]2O[C@]3(O)[C@H](OC2[C@H]1O)O[C@H](C)C[C@@]3(O)CNCc1ccccn1. The van der Waals surface area contributed by atoms with Gasteiger partial charge >= 0.3 is 0 Å². The molecule has 180 valence electrons. The van der Waals surface area contributed by atoms with Crippen molar-refractivity contribution < 1.29 is 34.6 Å². The van der Waals surface area contributed by atoms with Gasteiger partial charge in [-0.25, -0.2) is 0 Å². The summed E-state index contributed by atoms with van der Waals surface area (Å²) in [5.41, 5.74) is -0.976. The van der Waals surface area contributed by atoms with Gasteiger partial charge < -0.3 is 50.6 Å². The van der Waals surface area contributed by atoms with E-state index in [-0.39, 0.29) is 13.0 Å². The van der Waals surface area contributed by atoms with Gasteiger partial charge in [-0.05, 0) is 33.2 Å². The van der Waals surface area contributed by atoms with Gasteiger partial charge in [-0.2, -0.15) is 0 Å². The average Bonchev–Trinajstić information content (AvgIpc) is 2.75. The highest BCUT2D eigenvalue weighted by molar-refractivity contribution is 5.12. The summed E-state index contributed by atoms with van der Waals surface area (Å²) in [6, 6.07) is 4.19. The number of rotatable bonds is 6. The molecule has 3 fully saturated rings. The van der Waals surface area contributed by atoms with Crippen molar-refractivity contribution in [3.05, 3.63) is 30.1 Å². The maximum atomic E-state index is 11.6. The molecule has 0 spiro atoms. The van der Waals surface area contributed by atoms with E-state index >= 15 is 0 Å². The number of aliphatic hydroxyl groups is 4. The number of likely N-dealkylation sites (N-methyl/N-ethyl adjacent to an activating group) is 2. The second-order valence-corrected chi connectivity index (χ2v) is 8.93. The van der Waals surface area contributed by atoms with Crippen molar-refractivity contribution >= 4 is 0 Å². The predicted octanol–water partition coefficient (Wildman–Crippen LogP) is -2.58. The summed E-state index contributed by atoms with van der Waals surface area (Å²) in [5, 5.41) is 53.7. The number of fused-ring (bicyclic) bond motifs is 2. The molecule has 2 saturated heterocycles. The first-order valence-electron chi connectivity index (χ1n) is 11.0. The first-order valence-corrected chi connectivity index (χ1v) is 11.0. The summed E-state index contributed by atoms with van der Waals surface area (Å²) < 4.78 is 17.9. The molecule has 10 atom stereocenters. The third kappa shape index (κ3) is 3.96. The predicted molar refractivity (Wildman–Crippen MR) is 112 cm³/mol. The quantitative estimate of drug-likeness (QED) is 0.242. The van der Waals surface area contributed by atoms with E-state index in [0.717, 1.165) is 5.69 Å². The molecule has 0 radical (unpaired) electrons. The Morgan fingerprint density at radius 1 is 1.06 bits per heavy atom. The summed E-state index contributed by atoms with van der Waals surface area (Å²) in [5.74, 6) is -2.22. The third-order valence-corrected chi connectivity index (χ3v) is 6.80. The Morgan fingerprint density at radius 2 is 1.81 bits per heavy atom. The van der Waals surface area contributed by atoms with Crippen LogP contribution in [0.4, 0.5) is 0 Å². The van der Waals surface area contributed by atoms with Crippen molar-refractivity contribution in [1.82, 2.24) is 20.9 Å². The van der Waals surface area contributed by atoms with Crippen LogP contribution in [-0.4, -0.2) is 106 Å². The molecule has 0 aromatic carbocycles. The summed E-state index contributed by atoms with van der Waals surface area (Å²) >= 11 is 0. The molecule has 3 heterocycles. The van der Waals surface area contributed by atoms with E-state index in [2.05, 4.69) is 20.9 Å². The van der Waals surface area contributed by atoms with E-state index in [1.54, 1.807) is 27.2 Å². The zero-order chi connectivity index (χ0) is 23.1. The normalized spacial score (nSPS) is 46.3. The van der Waals surface area contributed by atoms with Gasteiger partial charge in [0.1, 0.15) is 23.9 Å². The Balaban J connectivity index is 1.57. The molecular formula is C21H34N4O7. The number of nitrogens with zero attached hydrogens (tertiary/aromatic N) is 1. The summed E-state index contributed by atoms with van der Waals surface area (Å²) in [7, 11) is 3.28. The molecule has 11 nitrogen and oxygen atoms in total. The minimum absolute atomic E-state index is 0.0144. The fraction of sp³-hybridized carbons (Fsp3) is 0.762. The van der Waals surface area contributed by atoms with Gasteiger partial charge in [-0.3, -0.25) is 4.98 Å². The Bertz CT molecular complexity index is 776. The molecule has 1 unspecified atom stereocenters. The smallest absolute Gasteiger partial charge is 0.249 e. The summed E-state index contributed by atoms with van der Waals surface area (Å²) in [4.78, 5) is 4.25. The molecular weight excluding hydrogens is 420 g/mol. The highest BCUT2D eigenvalue weighted by Crippen LogP contribution is 2.46. The monoisotopic (exact) mass is 454 g/mol. The Hall–Kier alpha value is -1.25. The third-order valence-electron chi connectivity index (χ3n) is 6.80. The summed E-state index contributed by atoms with van der Waals surface area (Å²) in [6.07, 6.45) is -3.97. The molecule has 2 aliphatic heterocycles. The van der Waals surface area contributed by atoms with Crippen molar-refractivity contribution in [2.24, 2.45) is 0 Å². The molecule has 1 aromatic heterocycles. The van der Waals surface area contributed by atoms with E-state index in [4.69, 9.17) is 14.2 Å². The molecule has 32 heavy (non-hydrogen) atoms. The van der Waals surface area contributed by atoms with Gasteiger partial charge in [0.15, 0.2) is 0 Å².